The molecule has 1 aromatic heterocycles. The van der Waals surface area contributed by atoms with Gasteiger partial charge in [0.25, 0.3) is 5.56 Å². The van der Waals surface area contributed by atoms with Crippen molar-refractivity contribution in [3.8, 4) is 11.5 Å². The van der Waals surface area contributed by atoms with E-state index in [9.17, 15) is 9.59 Å². The number of ether oxygens (including phenoxy) is 2. The van der Waals surface area contributed by atoms with Gasteiger partial charge in [-0.05, 0) is 55.3 Å². The number of halogens is 1. The second-order valence-electron chi connectivity index (χ2n) is 7.31. The molecule has 0 saturated carbocycles. The van der Waals surface area contributed by atoms with Crippen molar-refractivity contribution in [2.45, 2.75) is 39.2 Å². The first kappa shape index (κ1) is 23.5. The predicted octanol–water partition coefficient (Wildman–Crippen LogP) is 4.42. The number of nitrogens with zero attached hydrogens (tertiary/aromatic N) is 3. The lowest BCUT2D eigenvalue weighted by molar-refractivity contribution is -0.144. The average Bonchev–Trinajstić information content (AvgIpc) is 2.78. The van der Waals surface area contributed by atoms with Gasteiger partial charge in [0, 0.05) is 10.4 Å². The first-order chi connectivity index (χ1) is 15.2. The van der Waals surface area contributed by atoms with E-state index in [1.165, 1.54) is 24.9 Å². The molecule has 2 atom stereocenters. The normalized spacial score (nSPS) is 13.3. The van der Waals surface area contributed by atoms with Crippen molar-refractivity contribution in [1.82, 2.24) is 9.66 Å². The largest absolute Gasteiger partial charge is 0.493 e. The van der Waals surface area contributed by atoms with Crippen LogP contribution < -0.4 is 15.0 Å². The second kappa shape index (κ2) is 9.95. The van der Waals surface area contributed by atoms with Crippen molar-refractivity contribution >= 4 is 39.0 Å². The van der Waals surface area contributed by atoms with Crippen LogP contribution in [-0.4, -0.2) is 40.2 Å². The smallest absolute Gasteiger partial charge is 0.344 e. The molecule has 0 amide bonds. The molecular weight excluding hydrogens is 478 g/mol. The molecule has 0 aliphatic rings. The van der Waals surface area contributed by atoms with E-state index >= 15 is 0 Å². The molecule has 0 unspecified atom stereocenters. The molecule has 0 spiro atoms. The number of benzene rings is 2. The Labute approximate surface area is 193 Å². The van der Waals surface area contributed by atoms with Crippen LogP contribution in [-0.2, 0) is 4.79 Å². The van der Waals surface area contributed by atoms with Gasteiger partial charge in [-0.3, -0.25) is 4.79 Å². The highest BCUT2D eigenvalue weighted by molar-refractivity contribution is 9.10. The van der Waals surface area contributed by atoms with Crippen LogP contribution in [0.4, 0.5) is 0 Å². The number of carbonyl (C=O) groups is 1. The van der Waals surface area contributed by atoms with Gasteiger partial charge >= 0.3 is 5.97 Å². The van der Waals surface area contributed by atoms with Crippen LogP contribution in [0.3, 0.4) is 0 Å². The summed E-state index contributed by atoms with van der Waals surface area (Å²) in [4.78, 5) is 28.9. The molecule has 1 N–H and O–H groups in total. The van der Waals surface area contributed by atoms with Crippen molar-refractivity contribution in [1.29, 1.82) is 0 Å². The van der Waals surface area contributed by atoms with Gasteiger partial charge in [0.2, 0.25) is 0 Å². The average molecular weight is 502 g/mol. The lowest BCUT2D eigenvalue weighted by atomic mass is 10.1. The molecular formula is C23H24BrN3O5. The van der Waals surface area contributed by atoms with E-state index < -0.39 is 12.1 Å². The number of rotatable bonds is 8. The molecule has 0 aliphatic carbocycles. The van der Waals surface area contributed by atoms with Crippen molar-refractivity contribution in [2.24, 2.45) is 5.10 Å². The Balaban J connectivity index is 2.04. The Morgan fingerprint density at radius 3 is 2.66 bits per heavy atom. The summed E-state index contributed by atoms with van der Waals surface area (Å²) in [5.74, 6) is 0.179. The van der Waals surface area contributed by atoms with Crippen molar-refractivity contribution in [3.05, 3.63) is 62.6 Å². The molecule has 0 aliphatic heterocycles. The van der Waals surface area contributed by atoms with E-state index in [-0.39, 0.29) is 11.5 Å². The number of aromatic nitrogens is 2. The number of hydrogen-bond donors (Lipinski definition) is 1. The van der Waals surface area contributed by atoms with Gasteiger partial charge in [0.15, 0.2) is 17.6 Å². The first-order valence-electron chi connectivity index (χ1n) is 10.1. The molecule has 2 aromatic carbocycles. The Morgan fingerprint density at radius 2 is 2.00 bits per heavy atom. The lowest BCUT2D eigenvalue weighted by Gasteiger charge is -2.15. The van der Waals surface area contributed by atoms with E-state index in [1.807, 2.05) is 26.0 Å². The molecule has 32 heavy (non-hydrogen) atoms. The number of aliphatic carboxylic acids is 1. The van der Waals surface area contributed by atoms with E-state index in [0.717, 1.165) is 10.9 Å². The van der Waals surface area contributed by atoms with Crippen LogP contribution in [0.1, 0.15) is 44.5 Å². The molecule has 3 rings (SSSR count). The monoisotopic (exact) mass is 501 g/mol. The summed E-state index contributed by atoms with van der Waals surface area (Å²) in [6.45, 7) is 5.46. The summed E-state index contributed by atoms with van der Waals surface area (Å²) in [5.41, 5.74) is 1.01. The molecule has 168 valence electrons. The van der Waals surface area contributed by atoms with Gasteiger partial charge in [-0.25, -0.2) is 9.78 Å². The van der Waals surface area contributed by atoms with Gasteiger partial charge in [-0.1, -0.05) is 29.8 Å². The highest BCUT2D eigenvalue weighted by Gasteiger charge is 2.17. The van der Waals surface area contributed by atoms with Crippen LogP contribution in [0.25, 0.3) is 10.9 Å². The maximum atomic E-state index is 13.2. The number of hydrogen-bond acceptors (Lipinski definition) is 6. The summed E-state index contributed by atoms with van der Waals surface area (Å²) in [5, 5.41) is 13.9. The highest BCUT2D eigenvalue weighted by atomic mass is 79.9. The van der Waals surface area contributed by atoms with Crippen LogP contribution in [0.2, 0.25) is 0 Å². The Bertz CT molecular complexity index is 1240. The fourth-order valence-electron chi connectivity index (χ4n) is 3.01. The minimum absolute atomic E-state index is 0.0238. The second-order valence-corrected chi connectivity index (χ2v) is 8.23. The summed E-state index contributed by atoms with van der Waals surface area (Å²) >= 11 is 3.40. The highest BCUT2D eigenvalue weighted by Crippen LogP contribution is 2.28. The molecule has 0 radical (unpaired) electrons. The van der Waals surface area contributed by atoms with Crippen LogP contribution in [0.15, 0.2) is 50.8 Å². The zero-order valence-electron chi connectivity index (χ0n) is 18.2. The zero-order chi connectivity index (χ0) is 23.4. The number of carboxylic acids is 1. The fraction of sp³-hybridized carbons (Fsp3) is 0.304. The van der Waals surface area contributed by atoms with Gasteiger partial charge in [0.05, 0.1) is 24.2 Å². The lowest BCUT2D eigenvalue weighted by Crippen LogP contribution is -2.24. The third-order valence-corrected chi connectivity index (χ3v) is 5.54. The molecule has 3 aromatic rings. The molecule has 9 heteroatoms. The molecule has 0 bridgehead atoms. The minimum atomic E-state index is -1.08. The van der Waals surface area contributed by atoms with E-state index in [2.05, 4.69) is 26.0 Å². The Morgan fingerprint density at radius 1 is 1.25 bits per heavy atom. The zero-order valence-corrected chi connectivity index (χ0v) is 19.8. The Kier molecular flexibility index (Phi) is 7.29. The van der Waals surface area contributed by atoms with Crippen LogP contribution >= 0.6 is 15.9 Å². The van der Waals surface area contributed by atoms with E-state index in [4.69, 9.17) is 14.6 Å². The maximum Gasteiger partial charge on any atom is 0.344 e. The summed E-state index contributed by atoms with van der Waals surface area (Å²) in [6.07, 6.45) is 1.31. The Hall–Kier alpha value is -3.20. The van der Waals surface area contributed by atoms with Gasteiger partial charge in [0.1, 0.15) is 5.82 Å². The topological polar surface area (TPSA) is 103 Å². The number of carboxylic acid groups (broad SMARTS) is 1. The third-order valence-electron chi connectivity index (χ3n) is 5.05. The summed E-state index contributed by atoms with van der Waals surface area (Å²) in [6, 6.07) is 10.4. The van der Waals surface area contributed by atoms with Gasteiger partial charge in [-0.2, -0.15) is 9.78 Å². The van der Waals surface area contributed by atoms with Gasteiger partial charge in [-0.15, -0.1) is 0 Å². The third kappa shape index (κ3) is 4.99. The maximum absolute atomic E-state index is 13.2. The van der Waals surface area contributed by atoms with Gasteiger partial charge < -0.3 is 14.6 Å². The fourth-order valence-corrected chi connectivity index (χ4v) is 3.37. The van der Waals surface area contributed by atoms with E-state index in [0.29, 0.717) is 33.8 Å². The molecule has 0 saturated heterocycles. The SMILES string of the molecule is CC[C@@H](C)c1nc2ccc(Br)cc2c(=O)n1N=Cc1ccc(O[C@@H](C)C(=O)O)c(OC)c1. The molecule has 0 fully saturated rings. The van der Waals surface area contributed by atoms with Crippen molar-refractivity contribution in [3.63, 3.8) is 0 Å². The van der Waals surface area contributed by atoms with Crippen LogP contribution in [0, 0.1) is 0 Å². The quantitative estimate of drug-likeness (QED) is 0.458. The predicted molar refractivity (Wildman–Crippen MR) is 126 cm³/mol. The molecule has 1 heterocycles. The first-order valence-corrected chi connectivity index (χ1v) is 10.9. The van der Waals surface area contributed by atoms with Crippen molar-refractivity contribution in [2.75, 3.05) is 7.11 Å². The minimum Gasteiger partial charge on any atom is -0.493 e. The summed E-state index contributed by atoms with van der Waals surface area (Å²) in [7, 11) is 1.46. The molecule has 8 nitrogen and oxygen atoms in total. The summed E-state index contributed by atoms with van der Waals surface area (Å²) < 4.78 is 12.9. The standard InChI is InChI=1S/C23H24BrN3O5/c1-5-13(2)21-26-18-8-7-16(24)11-17(18)22(28)27(21)25-12-15-6-9-19(20(10-15)31-4)32-14(3)23(29)30/h6-14H,5H2,1-4H3,(H,29,30)/t13-,14+/m1/s1. The number of methoxy groups -OCH3 is 1. The van der Waals surface area contributed by atoms with E-state index in [1.54, 1.807) is 24.3 Å². The van der Waals surface area contributed by atoms with Crippen LogP contribution in [0.5, 0.6) is 11.5 Å². The van der Waals surface area contributed by atoms with Crippen molar-refractivity contribution < 1.29 is 19.4 Å². The number of fused-ring (bicyclic) bond motifs is 1.